The van der Waals surface area contributed by atoms with Crippen molar-refractivity contribution in [3.8, 4) is 0 Å². The van der Waals surface area contributed by atoms with Crippen LogP contribution in [0.1, 0.15) is 42.9 Å². The molecule has 1 fully saturated rings. The summed E-state index contributed by atoms with van der Waals surface area (Å²) in [5.74, 6) is 0.171. The van der Waals surface area contributed by atoms with Crippen LogP contribution in [-0.2, 0) is 21.4 Å². The van der Waals surface area contributed by atoms with Crippen LogP contribution >= 0.6 is 0 Å². The summed E-state index contributed by atoms with van der Waals surface area (Å²) < 4.78 is 44.7. The maximum absolute atomic E-state index is 13.4. The van der Waals surface area contributed by atoms with Gasteiger partial charge in [-0.3, -0.25) is 9.71 Å². The van der Waals surface area contributed by atoms with E-state index in [2.05, 4.69) is 9.71 Å². The van der Waals surface area contributed by atoms with Gasteiger partial charge in [0.25, 0.3) is 0 Å². The second kappa shape index (κ2) is 8.14. The summed E-state index contributed by atoms with van der Waals surface area (Å²) in [7, 11) is -3.36. The van der Waals surface area contributed by atoms with Gasteiger partial charge < -0.3 is 4.74 Å². The predicted molar refractivity (Wildman–Crippen MR) is 98.9 cm³/mol. The van der Waals surface area contributed by atoms with Crippen molar-refractivity contribution in [1.82, 2.24) is 4.98 Å². The van der Waals surface area contributed by atoms with E-state index in [1.165, 1.54) is 6.07 Å². The highest BCUT2D eigenvalue weighted by Crippen LogP contribution is 2.34. The third kappa shape index (κ3) is 5.25. The molecule has 0 amide bonds. The van der Waals surface area contributed by atoms with Gasteiger partial charge in [0.05, 0.1) is 30.3 Å². The Morgan fingerprint density at radius 3 is 2.65 bits per heavy atom. The maximum Gasteiger partial charge on any atom is 0.229 e. The monoisotopic (exact) mass is 378 g/mol. The predicted octanol–water partition coefficient (Wildman–Crippen LogP) is 3.84. The molecule has 1 aromatic heterocycles. The molecule has 1 aliphatic carbocycles. The molecule has 2 aromatic rings. The van der Waals surface area contributed by atoms with Crippen LogP contribution in [0, 0.1) is 5.82 Å². The van der Waals surface area contributed by atoms with Crippen LogP contribution in [0.5, 0.6) is 0 Å². The van der Waals surface area contributed by atoms with E-state index in [1.807, 2.05) is 6.07 Å². The minimum atomic E-state index is -3.36. The van der Waals surface area contributed by atoms with E-state index in [-0.39, 0.29) is 18.5 Å². The van der Waals surface area contributed by atoms with Crippen molar-refractivity contribution < 1.29 is 17.5 Å². The number of sulfonamides is 1. The molecule has 3 rings (SSSR count). The zero-order chi connectivity index (χ0) is 18.6. The van der Waals surface area contributed by atoms with Gasteiger partial charge in [0.1, 0.15) is 5.82 Å². The smallest absolute Gasteiger partial charge is 0.229 e. The number of nitrogens with zero attached hydrogens (tertiary/aromatic N) is 1. The highest BCUT2D eigenvalue weighted by atomic mass is 32.2. The van der Waals surface area contributed by atoms with Crippen LogP contribution in [0.4, 0.5) is 10.1 Å². The Morgan fingerprint density at radius 2 is 1.96 bits per heavy atom. The number of benzene rings is 1. The third-order valence-electron chi connectivity index (χ3n) is 4.64. The van der Waals surface area contributed by atoms with Crippen molar-refractivity contribution in [3.63, 3.8) is 0 Å². The van der Waals surface area contributed by atoms with E-state index in [9.17, 15) is 12.8 Å². The highest BCUT2D eigenvalue weighted by molar-refractivity contribution is 7.92. The first-order valence-corrected chi connectivity index (χ1v) is 10.6. The first-order valence-electron chi connectivity index (χ1n) is 8.69. The second-order valence-electron chi connectivity index (χ2n) is 6.71. The number of ether oxygens (including phenoxy) is 1. The Kier molecular flexibility index (Phi) is 5.88. The zero-order valence-electron chi connectivity index (χ0n) is 14.7. The first-order chi connectivity index (χ1) is 12.4. The molecule has 0 bridgehead atoms. The molecule has 0 saturated heterocycles. The fraction of sp³-hybridized carbons (Fsp3) is 0.421. The normalized spacial score (nSPS) is 20.7. The Bertz CT molecular complexity index is 849. The van der Waals surface area contributed by atoms with E-state index in [0.717, 1.165) is 37.5 Å². The van der Waals surface area contributed by atoms with Gasteiger partial charge >= 0.3 is 0 Å². The van der Waals surface area contributed by atoms with Crippen LogP contribution in [0.15, 0.2) is 42.6 Å². The molecule has 140 valence electrons. The van der Waals surface area contributed by atoms with Gasteiger partial charge in [-0.05, 0) is 61.4 Å². The molecule has 0 spiro atoms. The fourth-order valence-corrected chi connectivity index (χ4v) is 3.95. The molecule has 0 unspecified atom stereocenters. The molecule has 0 aliphatic heterocycles. The average molecular weight is 378 g/mol. The van der Waals surface area contributed by atoms with Crippen molar-refractivity contribution in [2.45, 2.75) is 44.3 Å². The lowest BCUT2D eigenvalue weighted by Gasteiger charge is -2.29. The number of rotatable bonds is 6. The Balaban J connectivity index is 1.54. The highest BCUT2D eigenvalue weighted by Gasteiger charge is 2.23. The number of hydrogen-bond acceptors (Lipinski definition) is 4. The summed E-state index contributed by atoms with van der Waals surface area (Å²) in [5, 5.41) is 0. The van der Waals surface area contributed by atoms with Gasteiger partial charge in [-0.2, -0.15) is 0 Å². The number of anilines is 1. The van der Waals surface area contributed by atoms with Crippen LogP contribution in [-0.4, -0.2) is 25.8 Å². The average Bonchev–Trinajstić information content (AvgIpc) is 2.60. The third-order valence-corrected chi connectivity index (χ3v) is 5.23. The zero-order valence-corrected chi connectivity index (χ0v) is 15.5. The number of pyridine rings is 1. The molecule has 1 aromatic carbocycles. The fourth-order valence-electron chi connectivity index (χ4n) is 3.37. The van der Waals surface area contributed by atoms with Crippen molar-refractivity contribution >= 4 is 15.7 Å². The lowest BCUT2D eigenvalue weighted by molar-refractivity contribution is 0.0120. The molecular formula is C19H23FN2O3S. The molecular weight excluding hydrogens is 355 g/mol. The first kappa shape index (κ1) is 18.8. The molecule has 1 aliphatic rings. The van der Waals surface area contributed by atoms with Gasteiger partial charge in [-0.25, -0.2) is 12.8 Å². The molecule has 0 atom stereocenters. The summed E-state index contributed by atoms with van der Waals surface area (Å²) in [6.45, 7) is 0.258. The number of nitrogens with one attached hydrogen (secondary N) is 1. The van der Waals surface area contributed by atoms with Crippen molar-refractivity contribution in [2.24, 2.45) is 0 Å². The van der Waals surface area contributed by atoms with E-state index >= 15 is 0 Å². The number of hydrogen-bond donors (Lipinski definition) is 1. The molecule has 7 heteroatoms. The van der Waals surface area contributed by atoms with Gasteiger partial charge in [0.15, 0.2) is 0 Å². The van der Waals surface area contributed by atoms with Gasteiger partial charge in [0, 0.05) is 6.20 Å². The van der Waals surface area contributed by atoms with E-state index in [0.29, 0.717) is 17.3 Å². The van der Waals surface area contributed by atoms with Gasteiger partial charge in [-0.15, -0.1) is 0 Å². The quantitative estimate of drug-likeness (QED) is 0.829. The van der Waals surface area contributed by atoms with E-state index in [4.69, 9.17) is 4.74 Å². The van der Waals surface area contributed by atoms with Crippen molar-refractivity contribution in [1.29, 1.82) is 0 Å². The van der Waals surface area contributed by atoms with Gasteiger partial charge in [-0.1, -0.05) is 12.1 Å². The Labute approximate surface area is 153 Å². The second-order valence-corrected chi connectivity index (χ2v) is 8.46. The number of aromatic nitrogens is 1. The SMILES string of the molecule is CS(=O)(=O)Nc1cccnc1COC1CCC(c2cccc(F)c2)CC1. The minimum Gasteiger partial charge on any atom is -0.372 e. The Morgan fingerprint density at radius 1 is 1.19 bits per heavy atom. The molecule has 1 N–H and O–H groups in total. The standard InChI is InChI=1S/C19H23FN2O3S/c1-26(23,24)22-18-6-3-11-21-19(18)13-25-17-9-7-14(8-10-17)15-4-2-5-16(20)12-15/h2-6,11-12,14,17,22H,7-10,13H2,1H3. The van der Waals surface area contributed by atoms with Crippen LogP contribution in [0.25, 0.3) is 0 Å². The topological polar surface area (TPSA) is 68.3 Å². The Hall–Kier alpha value is -1.99. The maximum atomic E-state index is 13.4. The summed E-state index contributed by atoms with van der Waals surface area (Å²) in [5.41, 5.74) is 2.07. The lowest BCUT2D eigenvalue weighted by Crippen LogP contribution is -2.21. The van der Waals surface area contributed by atoms with E-state index in [1.54, 1.807) is 30.5 Å². The molecule has 26 heavy (non-hydrogen) atoms. The van der Waals surface area contributed by atoms with Crippen LogP contribution in [0.2, 0.25) is 0 Å². The summed E-state index contributed by atoms with van der Waals surface area (Å²) >= 11 is 0. The molecule has 5 nitrogen and oxygen atoms in total. The molecule has 1 saturated carbocycles. The lowest BCUT2D eigenvalue weighted by atomic mass is 9.83. The summed E-state index contributed by atoms with van der Waals surface area (Å²) in [6, 6.07) is 10.2. The van der Waals surface area contributed by atoms with Gasteiger partial charge in [0.2, 0.25) is 10.0 Å². The van der Waals surface area contributed by atoms with Crippen LogP contribution < -0.4 is 4.72 Å². The largest absolute Gasteiger partial charge is 0.372 e. The van der Waals surface area contributed by atoms with E-state index < -0.39 is 10.0 Å². The number of halogens is 1. The molecule has 1 heterocycles. The summed E-state index contributed by atoms with van der Waals surface area (Å²) in [6.07, 6.45) is 6.51. The summed E-state index contributed by atoms with van der Waals surface area (Å²) in [4.78, 5) is 4.23. The minimum absolute atomic E-state index is 0.105. The molecule has 0 radical (unpaired) electrons. The van der Waals surface area contributed by atoms with Crippen molar-refractivity contribution in [3.05, 3.63) is 59.7 Å². The van der Waals surface area contributed by atoms with Crippen LogP contribution in [0.3, 0.4) is 0 Å². The van der Waals surface area contributed by atoms with Crippen molar-refractivity contribution in [2.75, 3.05) is 11.0 Å².